The van der Waals surface area contributed by atoms with Crippen LogP contribution < -0.4 is 14.8 Å². The first kappa shape index (κ1) is 18.9. The summed E-state index contributed by atoms with van der Waals surface area (Å²) in [6, 6.07) is 11.8. The van der Waals surface area contributed by atoms with E-state index in [1.165, 1.54) is 24.9 Å². The predicted octanol–water partition coefficient (Wildman–Crippen LogP) is 3.46. The number of ether oxygens (including phenoxy) is 2. The highest BCUT2D eigenvalue weighted by atomic mass is 32.2. The van der Waals surface area contributed by atoms with E-state index >= 15 is 0 Å². The Morgan fingerprint density at radius 1 is 1.26 bits per heavy atom. The Labute approximate surface area is 165 Å². The van der Waals surface area contributed by atoms with Crippen LogP contribution in [0.3, 0.4) is 0 Å². The van der Waals surface area contributed by atoms with E-state index in [0.29, 0.717) is 20.7 Å². The fourth-order valence-electron chi connectivity index (χ4n) is 2.42. The summed E-state index contributed by atoms with van der Waals surface area (Å²) in [5.41, 5.74) is 1.71. The number of hydrogen-bond donors (Lipinski definition) is 2. The van der Waals surface area contributed by atoms with Gasteiger partial charge in [-0.25, -0.2) is 4.79 Å². The minimum absolute atomic E-state index is 0.199. The molecule has 8 heteroatoms. The molecule has 138 valence electrons. The number of thiocarbonyl (C=S) groups is 1. The Hall–Kier alpha value is -2.84. The van der Waals surface area contributed by atoms with Crippen molar-refractivity contribution in [2.24, 2.45) is 0 Å². The molecule has 1 heterocycles. The minimum atomic E-state index is -0.986. The van der Waals surface area contributed by atoms with Gasteiger partial charge in [0.2, 0.25) is 0 Å². The molecule has 1 saturated heterocycles. The van der Waals surface area contributed by atoms with E-state index < -0.39 is 5.97 Å². The summed E-state index contributed by atoms with van der Waals surface area (Å²) < 4.78 is 11.6. The predicted molar refractivity (Wildman–Crippen MR) is 107 cm³/mol. The first-order valence-corrected chi connectivity index (χ1v) is 9.06. The summed E-state index contributed by atoms with van der Waals surface area (Å²) in [4.78, 5) is 23.3. The van der Waals surface area contributed by atoms with Crippen molar-refractivity contribution in [3.8, 4) is 11.5 Å². The summed E-state index contributed by atoms with van der Waals surface area (Å²) >= 11 is 6.18. The molecule has 1 aliphatic rings. The van der Waals surface area contributed by atoms with Crippen LogP contribution in [0.5, 0.6) is 11.5 Å². The third kappa shape index (κ3) is 4.66. The third-order valence-electron chi connectivity index (χ3n) is 3.70. The lowest BCUT2D eigenvalue weighted by molar-refractivity contribution is -0.115. The quantitative estimate of drug-likeness (QED) is 0.566. The van der Waals surface area contributed by atoms with Crippen molar-refractivity contribution in [3.63, 3.8) is 0 Å². The molecule has 1 amide bonds. The van der Waals surface area contributed by atoms with E-state index in [1.54, 1.807) is 42.5 Å². The monoisotopic (exact) mass is 401 g/mol. The van der Waals surface area contributed by atoms with Crippen molar-refractivity contribution in [1.29, 1.82) is 0 Å². The molecule has 0 atom stereocenters. The number of thioether (sulfide) groups is 1. The number of carbonyl (C=O) groups excluding carboxylic acids is 1. The summed E-state index contributed by atoms with van der Waals surface area (Å²) in [5, 5.41) is 11.6. The number of aromatic carboxylic acids is 1. The standard InChI is InChI=1S/C19H15NO5S2/c1-24-15-8-11(9-16-17(21)20-19(26)27-16)5-6-14(15)25-10-12-3-2-4-13(7-12)18(22)23/h2-9H,10H2,1H3,(H,22,23)(H,20,21,26)/b16-9-. The molecular weight excluding hydrogens is 386 g/mol. The number of rotatable bonds is 6. The fraction of sp³-hybridized carbons (Fsp3) is 0.105. The highest BCUT2D eigenvalue weighted by molar-refractivity contribution is 8.26. The number of carboxylic acid groups (broad SMARTS) is 1. The van der Waals surface area contributed by atoms with E-state index in [-0.39, 0.29) is 18.1 Å². The number of hydrogen-bond acceptors (Lipinski definition) is 6. The highest BCUT2D eigenvalue weighted by Crippen LogP contribution is 2.32. The summed E-state index contributed by atoms with van der Waals surface area (Å²) in [6.07, 6.45) is 1.72. The van der Waals surface area contributed by atoms with Gasteiger partial charge in [0, 0.05) is 0 Å². The maximum absolute atomic E-state index is 11.8. The second-order valence-corrected chi connectivity index (χ2v) is 7.28. The normalized spacial score (nSPS) is 14.9. The molecule has 1 fully saturated rings. The number of methoxy groups -OCH3 is 1. The zero-order chi connectivity index (χ0) is 19.4. The average Bonchev–Trinajstić information content (AvgIpc) is 2.97. The summed E-state index contributed by atoms with van der Waals surface area (Å²) in [6.45, 7) is 0.199. The highest BCUT2D eigenvalue weighted by Gasteiger charge is 2.22. The largest absolute Gasteiger partial charge is 0.493 e. The van der Waals surface area contributed by atoms with E-state index in [4.69, 9.17) is 26.8 Å². The summed E-state index contributed by atoms with van der Waals surface area (Å²) in [7, 11) is 1.52. The van der Waals surface area contributed by atoms with E-state index in [0.717, 1.165) is 11.1 Å². The van der Waals surface area contributed by atoms with Gasteiger partial charge >= 0.3 is 5.97 Å². The van der Waals surface area contributed by atoms with Crippen LogP contribution in [0.1, 0.15) is 21.5 Å². The van der Waals surface area contributed by atoms with Gasteiger partial charge in [-0.3, -0.25) is 4.79 Å². The maximum atomic E-state index is 11.8. The lowest BCUT2D eigenvalue weighted by Gasteiger charge is -2.12. The smallest absolute Gasteiger partial charge is 0.335 e. The molecule has 0 radical (unpaired) electrons. The third-order valence-corrected chi connectivity index (χ3v) is 4.86. The molecule has 6 nitrogen and oxygen atoms in total. The lowest BCUT2D eigenvalue weighted by atomic mass is 10.1. The maximum Gasteiger partial charge on any atom is 0.335 e. The van der Waals surface area contributed by atoms with Gasteiger partial charge in [-0.2, -0.15) is 0 Å². The van der Waals surface area contributed by atoms with Crippen molar-refractivity contribution in [1.82, 2.24) is 5.32 Å². The van der Waals surface area contributed by atoms with Gasteiger partial charge in [0.1, 0.15) is 10.9 Å². The van der Waals surface area contributed by atoms with Crippen molar-refractivity contribution < 1.29 is 24.2 Å². The van der Waals surface area contributed by atoms with Crippen LogP contribution in [0.15, 0.2) is 47.4 Å². The van der Waals surface area contributed by atoms with Gasteiger partial charge in [-0.05, 0) is 41.5 Å². The van der Waals surface area contributed by atoms with Crippen LogP contribution in [-0.2, 0) is 11.4 Å². The van der Waals surface area contributed by atoms with Crippen LogP contribution in [-0.4, -0.2) is 28.4 Å². The number of carbonyl (C=O) groups is 2. The van der Waals surface area contributed by atoms with Crippen molar-refractivity contribution in [2.45, 2.75) is 6.61 Å². The van der Waals surface area contributed by atoms with E-state index in [9.17, 15) is 9.59 Å². The van der Waals surface area contributed by atoms with Gasteiger partial charge in [-0.1, -0.05) is 42.2 Å². The average molecular weight is 401 g/mol. The molecule has 0 spiro atoms. The van der Waals surface area contributed by atoms with Crippen molar-refractivity contribution in [3.05, 3.63) is 64.1 Å². The van der Waals surface area contributed by atoms with Crippen LogP contribution in [0.2, 0.25) is 0 Å². The van der Waals surface area contributed by atoms with Crippen molar-refractivity contribution in [2.75, 3.05) is 7.11 Å². The molecule has 0 bridgehead atoms. The number of carboxylic acids is 1. The molecular formula is C19H15NO5S2. The molecule has 27 heavy (non-hydrogen) atoms. The molecule has 2 aromatic rings. The van der Waals surface area contributed by atoms with Crippen LogP contribution in [0.4, 0.5) is 0 Å². The number of benzene rings is 2. The zero-order valence-corrected chi connectivity index (χ0v) is 15.9. The Morgan fingerprint density at radius 3 is 2.74 bits per heavy atom. The van der Waals surface area contributed by atoms with Crippen LogP contribution in [0.25, 0.3) is 6.08 Å². The van der Waals surface area contributed by atoms with Crippen molar-refractivity contribution >= 4 is 46.3 Å². The zero-order valence-electron chi connectivity index (χ0n) is 14.2. The Kier molecular flexibility index (Phi) is 5.78. The molecule has 0 aromatic heterocycles. The number of nitrogens with one attached hydrogen (secondary N) is 1. The van der Waals surface area contributed by atoms with Gasteiger partial charge in [0.15, 0.2) is 11.5 Å². The molecule has 2 N–H and O–H groups in total. The van der Waals surface area contributed by atoms with Gasteiger partial charge in [0.25, 0.3) is 5.91 Å². The minimum Gasteiger partial charge on any atom is -0.493 e. The van der Waals surface area contributed by atoms with Crippen LogP contribution >= 0.6 is 24.0 Å². The molecule has 0 saturated carbocycles. The SMILES string of the molecule is COc1cc(/C=C2\SC(=S)NC2=O)ccc1OCc1cccc(C(=O)O)c1. The Bertz CT molecular complexity index is 955. The van der Waals surface area contributed by atoms with Gasteiger partial charge in [0.05, 0.1) is 17.6 Å². The second-order valence-electron chi connectivity index (χ2n) is 5.56. The molecule has 0 unspecified atom stereocenters. The lowest BCUT2D eigenvalue weighted by Crippen LogP contribution is -2.17. The van der Waals surface area contributed by atoms with Gasteiger partial charge < -0.3 is 19.9 Å². The molecule has 3 rings (SSSR count). The van der Waals surface area contributed by atoms with Crippen LogP contribution in [0, 0.1) is 0 Å². The number of amides is 1. The molecule has 1 aliphatic heterocycles. The topological polar surface area (TPSA) is 84.9 Å². The molecule has 0 aliphatic carbocycles. The Morgan fingerprint density at radius 2 is 2.07 bits per heavy atom. The second kappa shape index (κ2) is 8.24. The first-order valence-electron chi connectivity index (χ1n) is 7.84. The van der Waals surface area contributed by atoms with E-state index in [1.807, 2.05) is 0 Å². The van der Waals surface area contributed by atoms with Gasteiger partial charge in [-0.15, -0.1) is 0 Å². The molecule has 2 aromatic carbocycles. The first-order chi connectivity index (χ1) is 13.0. The fourth-order valence-corrected chi connectivity index (χ4v) is 3.47. The van der Waals surface area contributed by atoms with E-state index in [2.05, 4.69) is 5.32 Å². The summed E-state index contributed by atoms with van der Waals surface area (Å²) in [5.74, 6) is -0.188. The Balaban J connectivity index is 1.76.